The van der Waals surface area contributed by atoms with Gasteiger partial charge in [-0.25, -0.2) is 4.79 Å². The SMILES string of the molecule is CC(C)(Br)COCC(C)(COC(=O)C(C)(C)Br)C(=O)OCCOC(=O)ON1C(=O)CCC1=O. The fourth-order valence-electron chi connectivity index (χ4n) is 2.27. The Labute approximate surface area is 208 Å². The summed E-state index contributed by atoms with van der Waals surface area (Å²) in [6.45, 7) is 7.65. The summed E-state index contributed by atoms with van der Waals surface area (Å²) in [4.78, 5) is 63.8. The second-order valence-electron chi connectivity index (χ2n) is 8.73. The molecule has 1 fully saturated rings. The number of carbonyl (C=O) groups is 5. The van der Waals surface area contributed by atoms with Crippen molar-refractivity contribution in [2.24, 2.45) is 5.41 Å². The molecule has 0 aromatic carbocycles. The Kier molecular flexibility index (Phi) is 10.8. The predicted octanol–water partition coefficient (Wildman–Crippen LogP) is 2.66. The third kappa shape index (κ3) is 10.4. The zero-order valence-electron chi connectivity index (χ0n) is 19.2. The lowest BCUT2D eigenvalue weighted by Gasteiger charge is -2.29. The number of alkyl halides is 2. The van der Waals surface area contributed by atoms with Gasteiger partial charge in [-0.05, 0) is 34.6 Å². The number of carbonyl (C=O) groups excluding carboxylic acids is 5. The van der Waals surface area contributed by atoms with Gasteiger partial charge in [-0.2, -0.15) is 0 Å². The molecular formula is C20H29Br2NO10. The smallest absolute Gasteiger partial charge is 0.463 e. The molecule has 11 nitrogen and oxygen atoms in total. The molecule has 1 unspecified atom stereocenters. The van der Waals surface area contributed by atoms with Crippen LogP contribution >= 0.6 is 31.9 Å². The highest BCUT2D eigenvalue weighted by Crippen LogP contribution is 2.25. The molecule has 33 heavy (non-hydrogen) atoms. The van der Waals surface area contributed by atoms with Crippen molar-refractivity contribution in [2.45, 2.75) is 56.1 Å². The number of halogens is 2. The molecule has 1 aliphatic rings. The zero-order chi connectivity index (χ0) is 25.4. The Hall–Kier alpha value is -1.73. The van der Waals surface area contributed by atoms with E-state index in [2.05, 4.69) is 36.7 Å². The molecule has 1 heterocycles. The molecule has 0 spiro atoms. The van der Waals surface area contributed by atoms with Gasteiger partial charge in [0.25, 0.3) is 11.8 Å². The Bertz CT molecular complexity index is 743. The fraction of sp³-hybridized carbons (Fsp3) is 0.750. The molecule has 1 atom stereocenters. The van der Waals surface area contributed by atoms with Crippen molar-refractivity contribution in [2.75, 3.05) is 33.0 Å². The first-order valence-electron chi connectivity index (χ1n) is 10.1. The van der Waals surface area contributed by atoms with Gasteiger partial charge in [0.2, 0.25) is 0 Å². The van der Waals surface area contributed by atoms with Gasteiger partial charge >= 0.3 is 18.1 Å². The van der Waals surface area contributed by atoms with E-state index in [0.717, 1.165) is 0 Å². The highest BCUT2D eigenvalue weighted by Gasteiger charge is 2.39. The van der Waals surface area contributed by atoms with E-state index in [1.54, 1.807) is 13.8 Å². The lowest BCUT2D eigenvalue weighted by molar-refractivity contribution is -0.177. The van der Waals surface area contributed by atoms with Crippen molar-refractivity contribution in [1.29, 1.82) is 0 Å². The maximum Gasteiger partial charge on any atom is 0.534 e. The van der Waals surface area contributed by atoms with Crippen molar-refractivity contribution in [3.8, 4) is 0 Å². The minimum atomic E-state index is -1.33. The Morgan fingerprint density at radius 3 is 1.88 bits per heavy atom. The Balaban J connectivity index is 2.59. The van der Waals surface area contributed by atoms with Crippen molar-refractivity contribution in [3.05, 3.63) is 0 Å². The van der Waals surface area contributed by atoms with Crippen molar-refractivity contribution < 1.29 is 47.8 Å². The van der Waals surface area contributed by atoms with Crippen LogP contribution < -0.4 is 0 Å². The van der Waals surface area contributed by atoms with Crippen LogP contribution in [0.25, 0.3) is 0 Å². The number of ether oxygens (including phenoxy) is 4. The van der Waals surface area contributed by atoms with Crippen LogP contribution in [0.2, 0.25) is 0 Å². The van der Waals surface area contributed by atoms with Crippen LogP contribution in [0.15, 0.2) is 0 Å². The summed E-state index contributed by atoms with van der Waals surface area (Å²) in [6, 6.07) is 0. The van der Waals surface area contributed by atoms with E-state index in [1.165, 1.54) is 6.92 Å². The van der Waals surface area contributed by atoms with E-state index in [-0.39, 0.29) is 50.2 Å². The van der Waals surface area contributed by atoms with Gasteiger partial charge in [0.05, 0.1) is 13.2 Å². The summed E-state index contributed by atoms with van der Waals surface area (Å²) in [6.07, 6.45) is -1.38. The molecular weight excluding hydrogens is 574 g/mol. The van der Waals surface area contributed by atoms with Crippen LogP contribution in [0.1, 0.15) is 47.5 Å². The summed E-state index contributed by atoms with van der Waals surface area (Å²) in [7, 11) is 0. The Morgan fingerprint density at radius 2 is 1.36 bits per heavy atom. The zero-order valence-corrected chi connectivity index (χ0v) is 22.4. The molecule has 1 saturated heterocycles. The average Bonchev–Trinajstić information content (AvgIpc) is 2.99. The topological polar surface area (TPSA) is 135 Å². The molecule has 0 bridgehead atoms. The molecule has 0 radical (unpaired) electrons. The van der Waals surface area contributed by atoms with Crippen molar-refractivity contribution >= 4 is 61.8 Å². The summed E-state index contributed by atoms with van der Waals surface area (Å²) in [5.74, 6) is -2.60. The van der Waals surface area contributed by atoms with Gasteiger partial charge in [0, 0.05) is 17.2 Å². The van der Waals surface area contributed by atoms with Gasteiger partial charge in [0.15, 0.2) is 0 Å². The monoisotopic (exact) mass is 601 g/mol. The molecule has 2 amide bonds. The first kappa shape index (κ1) is 29.3. The van der Waals surface area contributed by atoms with Gasteiger partial charge in [-0.1, -0.05) is 36.9 Å². The summed E-state index contributed by atoms with van der Waals surface area (Å²) < 4.78 is 19.5. The number of hydrogen-bond donors (Lipinski definition) is 0. The average molecular weight is 603 g/mol. The lowest BCUT2D eigenvalue weighted by Crippen LogP contribution is -2.42. The molecule has 0 saturated carbocycles. The molecule has 0 aliphatic carbocycles. The van der Waals surface area contributed by atoms with Crippen LogP contribution in [0.4, 0.5) is 4.79 Å². The van der Waals surface area contributed by atoms with Gasteiger partial charge < -0.3 is 18.9 Å². The molecule has 0 aromatic heterocycles. The third-order valence-corrected chi connectivity index (χ3v) is 4.63. The maximum absolute atomic E-state index is 12.7. The van der Waals surface area contributed by atoms with Gasteiger partial charge in [0.1, 0.15) is 29.6 Å². The maximum atomic E-state index is 12.7. The highest BCUT2D eigenvalue weighted by atomic mass is 79.9. The highest BCUT2D eigenvalue weighted by molar-refractivity contribution is 9.10. The number of nitrogens with zero attached hydrogens (tertiary/aromatic N) is 1. The second-order valence-corrected chi connectivity index (χ2v) is 12.9. The summed E-state index contributed by atoms with van der Waals surface area (Å²) in [5, 5.41) is 0.341. The molecule has 1 aliphatic heterocycles. The molecule has 0 aromatic rings. The van der Waals surface area contributed by atoms with Crippen LogP contribution in [0.5, 0.6) is 0 Å². The standard InChI is InChI=1S/C20H29Br2NO10/c1-18(2,21)10-29-11-20(5,12-32-15(26)19(3,4)22)16(27)30-8-9-31-17(28)33-23-13(24)6-7-14(23)25/h6-12H2,1-5H3. The minimum Gasteiger partial charge on any atom is -0.463 e. The fourth-order valence-corrected chi connectivity index (χ4v) is 2.54. The number of hydrogen-bond acceptors (Lipinski definition) is 10. The van der Waals surface area contributed by atoms with E-state index in [9.17, 15) is 24.0 Å². The van der Waals surface area contributed by atoms with E-state index in [1.807, 2.05) is 13.8 Å². The largest absolute Gasteiger partial charge is 0.534 e. The van der Waals surface area contributed by atoms with E-state index < -0.39 is 39.6 Å². The first-order chi connectivity index (χ1) is 15.0. The minimum absolute atomic E-state index is 0.0481. The molecule has 188 valence electrons. The van der Waals surface area contributed by atoms with Crippen molar-refractivity contribution in [1.82, 2.24) is 5.06 Å². The quantitative estimate of drug-likeness (QED) is 0.108. The number of hydroxylamine groups is 2. The summed E-state index contributed by atoms with van der Waals surface area (Å²) >= 11 is 6.63. The number of amides is 2. The van der Waals surface area contributed by atoms with Crippen LogP contribution in [-0.4, -0.2) is 76.7 Å². The number of imide groups is 1. The second kappa shape index (κ2) is 12.1. The van der Waals surface area contributed by atoms with Crippen LogP contribution in [0.3, 0.4) is 0 Å². The van der Waals surface area contributed by atoms with E-state index in [0.29, 0.717) is 5.06 Å². The number of rotatable bonds is 12. The first-order valence-corrected chi connectivity index (χ1v) is 11.6. The van der Waals surface area contributed by atoms with Crippen LogP contribution in [-0.2, 0) is 43.0 Å². The molecule has 0 N–H and O–H groups in total. The van der Waals surface area contributed by atoms with Crippen LogP contribution in [0, 0.1) is 5.41 Å². The molecule has 13 heteroatoms. The van der Waals surface area contributed by atoms with Gasteiger partial charge in [-0.15, -0.1) is 0 Å². The number of esters is 2. The van der Waals surface area contributed by atoms with E-state index in [4.69, 9.17) is 18.9 Å². The third-order valence-electron chi connectivity index (χ3n) is 4.07. The normalized spacial score (nSPS) is 16.3. The van der Waals surface area contributed by atoms with Gasteiger partial charge in [-0.3, -0.25) is 24.0 Å². The molecule has 1 rings (SSSR count). The predicted molar refractivity (Wildman–Crippen MR) is 120 cm³/mol. The van der Waals surface area contributed by atoms with Crippen molar-refractivity contribution in [3.63, 3.8) is 0 Å². The summed E-state index contributed by atoms with van der Waals surface area (Å²) in [5.41, 5.74) is -1.33. The van der Waals surface area contributed by atoms with E-state index >= 15 is 0 Å². The lowest BCUT2D eigenvalue weighted by atomic mass is 9.93. The Morgan fingerprint density at radius 1 is 0.818 bits per heavy atom.